The standard InChI is InChI=1S/C23H26N4O3/c1-17-14-19(26-10-12-30-13-11-26)8-9-20(17)24-23-25-22(28)21(29-2)16-27(23)15-18-6-4-3-5-7-18/h3-9,14,16H,10-13,15H2,1-2H3,(H,24,25,28). The first-order chi connectivity index (χ1) is 14.6. The highest BCUT2D eigenvalue weighted by Gasteiger charge is 2.14. The molecule has 1 N–H and O–H groups in total. The van der Waals surface area contributed by atoms with E-state index in [4.69, 9.17) is 9.47 Å². The minimum atomic E-state index is -0.396. The lowest BCUT2D eigenvalue weighted by Gasteiger charge is -2.29. The second-order valence-electron chi connectivity index (χ2n) is 7.28. The summed E-state index contributed by atoms with van der Waals surface area (Å²) in [6, 6.07) is 16.3. The average Bonchev–Trinajstić information content (AvgIpc) is 2.78. The van der Waals surface area contributed by atoms with E-state index in [0.29, 0.717) is 12.5 Å². The minimum Gasteiger partial charge on any atom is -0.490 e. The van der Waals surface area contributed by atoms with Crippen molar-refractivity contribution in [3.05, 3.63) is 76.2 Å². The molecule has 0 amide bonds. The van der Waals surface area contributed by atoms with Crippen molar-refractivity contribution in [2.24, 2.45) is 0 Å². The lowest BCUT2D eigenvalue weighted by atomic mass is 10.1. The third kappa shape index (κ3) is 4.46. The number of rotatable bonds is 6. The molecule has 4 rings (SSSR count). The van der Waals surface area contributed by atoms with Gasteiger partial charge in [0.15, 0.2) is 0 Å². The number of benzene rings is 2. The molecule has 1 aliphatic heterocycles. The first kappa shape index (κ1) is 20.0. The number of ether oxygens (including phenoxy) is 2. The molecule has 2 aromatic carbocycles. The molecule has 7 nitrogen and oxygen atoms in total. The summed E-state index contributed by atoms with van der Waals surface area (Å²) in [5.41, 5.74) is 3.87. The zero-order valence-corrected chi connectivity index (χ0v) is 17.3. The van der Waals surface area contributed by atoms with Crippen LogP contribution in [-0.2, 0) is 11.3 Å². The largest absolute Gasteiger partial charge is 0.490 e. The van der Waals surface area contributed by atoms with E-state index in [1.807, 2.05) is 41.0 Å². The molecule has 0 bridgehead atoms. The van der Waals surface area contributed by atoms with Gasteiger partial charge >= 0.3 is 5.56 Å². The molecule has 156 valence electrons. The lowest BCUT2D eigenvalue weighted by molar-refractivity contribution is 0.122. The van der Waals surface area contributed by atoms with E-state index in [9.17, 15) is 4.79 Å². The number of hydrogen-bond acceptors (Lipinski definition) is 6. The molecule has 1 saturated heterocycles. The van der Waals surface area contributed by atoms with Gasteiger partial charge in [0.2, 0.25) is 11.7 Å². The minimum absolute atomic E-state index is 0.218. The van der Waals surface area contributed by atoms with Gasteiger partial charge in [0, 0.05) is 24.5 Å². The maximum atomic E-state index is 12.3. The highest BCUT2D eigenvalue weighted by molar-refractivity contribution is 5.64. The number of aryl methyl sites for hydroxylation is 1. The molecule has 3 aromatic rings. The molecule has 0 atom stereocenters. The van der Waals surface area contributed by atoms with Crippen molar-refractivity contribution in [1.82, 2.24) is 9.55 Å². The molecule has 2 heterocycles. The highest BCUT2D eigenvalue weighted by Crippen LogP contribution is 2.26. The molecule has 0 radical (unpaired) electrons. The number of methoxy groups -OCH3 is 1. The van der Waals surface area contributed by atoms with Gasteiger partial charge in [-0.15, -0.1) is 0 Å². The van der Waals surface area contributed by atoms with Crippen LogP contribution < -0.4 is 20.5 Å². The Morgan fingerprint density at radius 3 is 2.60 bits per heavy atom. The number of morpholine rings is 1. The smallest absolute Gasteiger partial charge is 0.316 e. The summed E-state index contributed by atoms with van der Waals surface area (Å²) in [6.45, 7) is 5.90. The Bertz CT molecular complexity index is 1060. The van der Waals surface area contributed by atoms with E-state index in [1.165, 1.54) is 12.8 Å². The number of anilines is 3. The number of nitrogens with zero attached hydrogens (tertiary/aromatic N) is 3. The van der Waals surface area contributed by atoms with Crippen molar-refractivity contribution >= 4 is 17.3 Å². The normalized spacial score (nSPS) is 13.9. The van der Waals surface area contributed by atoms with E-state index in [1.54, 1.807) is 6.20 Å². The maximum Gasteiger partial charge on any atom is 0.316 e. The van der Waals surface area contributed by atoms with Crippen molar-refractivity contribution in [3.8, 4) is 5.75 Å². The third-order valence-corrected chi connectivity index (χ3v) is 5.21. The summed E-state index contributed by atoms with van der Waals surface area (Å²) in [5, 5.41) is 3.34. The fraction of sp³-hybridized carbons (Fsp3) is 0.304. The van der Waals surface area contributed by atoms with Gasteiger partial charge in [-0.2, -0.15) is 4.98 Å². The number of aromatic nitrogens is 2. The molecule has 0 spiro atoms. The van der Waals surface area contributed by atoms with Gasteiger partial charge in [-0.1, -0.05) is 30.3 Å². The van der Waals surface area contributed by atoms with Gasteiger partial charge in [-0.3, -0.25) is 4.79 Å². The van der Waals surface area contributed by atoms with Crippen LogP contribution in [0.25, 0.3) is 0 Å². The first-order valence-electron chi connectivity index (χ1n) is 10.0. The summed E-state index contributed by atoms with van der Waals surface area (Å²) in [4.78, 5) is 18.9. The monoisotopic (exact) mass is 406 g/mol. The molecular formula is C23H26N4O3. The lowest BCUT2D eigenvalue weighted by Crippen LogP contribution is -2.36. The summed E-state index contributed by atoms with van der Waals surface area (Å²) < 4.78 is 12.5. The van der Waals surface area contributed by atoms with Crippen LogP contribution in [0.1, 0.15) is 11.1 Å². The maximum absolute atomic E-state index is 12.3. The first-order valence-corrected chi connectivity index (χ1v) is 10.0. The van der Waals surface area contributed by atoms with Gasteiger partial charge in [0.25, 0.3) is 0 Å². The molecular weight excluding hydrogens is 380 g/mol. The molecule has 0 aliphatic carbocycles. The Balaban J connectivity index is 1.63. The van der Waals surface area contributed by atoms with Crippen molar-refractivity contribution in [2.75, 3.05) is 43.6 Å². The second kappa shape index (κ2) is 9.00. The Hall–Kier alpha value is -3.32. The highest BCUT2D eigenvalue weighted by atomic mass is 16.5. The fourth-order valence-corrected chi connectivity index (χ4v) is 3.54. The summed E-state index contributed by atoms with van der Waals surface area (Å²) >= 11 is 0. The zero-order valence-electron chi connectivity index (χ0n) is 17.3. The van der Waals surface area contributed by atoms with Gasteiger partial charge < -0.3 is 24.3 Å². The molecule has 1 aliphatic rings. The number of hydrogen-bond donors (Lipinski definition) is 1. The molecule has 0 saturated carbocycles. The van der Waals surface area contributed by atoms with E-state index in [2.05, 4.69) is 34.3 Å². The zero-order chi connectivity index (χ0) is 20.9. The molecule has 0 unspecified atom stereocenters. The van der Waals surface area contributed by atoms with E-state index in [-0.39, 0.29) is 5.75 Å². The van der Waals surface area contributed by atoms with Gasteiger partial charge in [-0.05, 0) is 36.2 Å². The van der Waals surface area contributed by atoms with Crippen LogP contribution in [0.15, 0.2) is 59.5 Å². The topological polar surface area (TPSA) is 68.6 Å². The molecule has 30 heavy (non-hydrogen) atoms. The average molecular weight is 406 g/mol. The van der Waals surface area contributed by atoms with Crippen LogP contribution in [0.3, 0.4) is 0 Å². The Kier molecular flexibility index (Phi) is 5.99. The Labute approximate surface area is 175 Å². The van der Waals surface area contributed by atoms with Crippen LogP contribution in [-0.4, -0.2) is 43.0 Å². The van der Waals surface area contributed by atoms with Crippen molar-refractivity contribution in [1.29, 1.82) is 0 Å². The van der Waals surface area contributed by atoms with Crippen LogP contribution in [0.5, 0.6) is 5.75 Å². The Morgan fingerprint density at radius 2 is 1.90 bits per heavy atom. The molecule has 1 aromatic heterocycles. The van der Waals surface area contributed by atoms with E-state index < -0.39 is 5.56 Å². The second-order valence-corrected chi connectivity index (χ2v) is 7.28. The van der Waals surface area contributed by atoms with Crippen LogP contribution in [0.2, 0.25) is 0 Å². The predicted octanol–water partition coefficient (Wildman–Crippen LogP) is 3.19. The fourth-order valence-electron chi connectivity index (χ4n) is 3.54. The van der Waals surface area contributed by atoms with Crippen LogP contribution in [0.4, 0.5) is 17.3 Å². The Morgan fingerprint density at radius 1 is 1.13 bits per heavy atom. The SMILES string of the molecule is COc1cn(Cc2ccccc2)c(Nc2ccc(N3CCOCC3)cc2C)nc1=O. The predicted molar refractivity (Wildman–Crippen MR) is 118 cm³/mol. The number of nitrogens with one attached hydrogen (secondary N) is 1. The van der Waals surface area contributed by atoms with Gasteiger partial charge in [0.05, 0.1) is 33.1 Å². The van der Waals surface area contributed by atoms with Crippen LogP contribution in [0, 0.1) is 6.92 Å². The van der Waals surface area contributed by atoms with Gasteiger partial charge in [-0.25, -0.2) is 0 Å². The van der Waals surface area contributed by atoms with Gasteiger partial charge in [0.1, 0.15) is 0 Å². The molecule has 7 heteroatoms. The van der Waals surface area contributed by atoms with Crippen molar-refractivity contribution < 1.29 is 9.47 Å². The quantitative estimate of drug-likeness (QED) is 0.678. The summed E-state index contributed by atoms with van der Waals surface area (Å²) in [6.07, 6.45) is 1.70. The summed E-state index contributed by atoms with van der Waals surface area (Å²) in [5.74, 6) is 0.697. The van der Waals surface area contributed by atoms with E-state index in [0.717, 1.165) is 43.1 Å². The molecule has 1 fully saturated rings. The van der Waals surface area contributed by atoms with E-state index >= 15 is 0 Å². The van der Waals surface area contributed by atoms with Crippen molar-refractivity contribution in [2.45, 2.75) is 13.5 Å². The summed E-state index contributed by atoms with van der Waals surface area (Å²) in [7, 11) is 1.48. The third-order valence-electron chi connectivity index (χ3n) is 5.21. The van der Waals surface area contributed by atoms with Crippen molar-refractivity contribution in [3.63, 3.8) is 0 Å². The van der Waals surface area contributed by atoms with Crippen LogP contribution >= 0.6 is 0 Å².